The third kappa shape index (κ3) is 4.61. The number of para-hydroxylation sites is 1. The lowest BCUT2D eigenvalue weighted by atomic mass is 9.91. The number of pyridine rings is 1. The molecule has 1 atom stereocenters. The molecule has 4 aromatic rings. The third-order valence-electron chi connectivity index (χ3n) is 7.08. The number of carbonyl (C=O) groups is 1. The first-order chi connectivity index (χ1) is 17.0. The molecule has 0 N–H and O–H groups in total. The van der Waals surface area contributed by atoms with Crippen LogP contribution in [0.4, 0.5) is 5.69 Å². The lowest BCUT2D eigenvalue weighted by Gasteiger charge is -2.37. The number of imidazole rings is 1. The van der Waals surface area contributed by atoms with E-state index < -0.39 is 0 Å². The Morgan fingerprint density at radius 1 is 0.971 bits per heavy atom. The summed E-state index contributed by atoms with van der Waals surface area (Å²) in [5.41, 5.74) is 6.64. The lowest BCUT2D eigenvalue weighted by Crippen LogP contribution is -2.49. The van der Waals surface area contributed by atoms with Gasteiger partial charge in [-0.15, -0.1) is 0 Å². The standard InChI is InChI=1S/C29H32N4O2/c1-21-8-4-5-12-26(21)31-14-16-32(17-15-31)28(34)19-25(23-10-6-11-24(18-23)35-3)27-20-30-29-22(2)9-7-13-33(27)29/h4-13,18,20,25H,14-17,19H2,1-3H3. The number of piperazine rings is 1. The zero-order valence-electron chi connectivity index (χ0n) is 20.6. The van der Waals surface area contributed by atoms with Gasteiger partial charge < -0.3 is 18.9 Å². The van der Waals surface area contributed by atoms with E-state index in [0.29, 0.717) is 6.42 Å². The van der Waals surface area contributed by atoms with Gasteiger partial charge in [-0.25, -0.2) is 4.98 Å². The van der Waals surface area contributed by atoms with E-state index in [2.05, 4.69) is 64.5 Å². The smallest absolute Gasteiger partial charge is 0.223 e. The van der Waals surface area contributed by atoms with Crippen molar-refractivity contribution in [2.75, 3.05) is 38.2 Å². The highest BCUT2D eigenvalue weighted by molar-refractivity contribution is 5.78. The second kappa shape index (κ2) is 9.82. The number of anilines is 1. The van der Waals surface area contributed by atoms with E-state index in [0.717, 1.165) is 54.4 Å². The fourth-order valence-corrected chi connectivity index (χ4v) is 5.10. The number of fused-ring (bicyclic) bond motifs is 1. The van der Waals surface area contributed by atoms with Gasteiger partial charge in [-0.2, -0.15) is 0 Å². The monoisotopic (exact) mass is 468 g/mol. The molecule has 0 spiro atoms. The first kappa shape index (κ1) is 23.0. The number of amides is 1. The maximum atomic E-state index is 13.6. The molecule has 180 valence electrons. The average molecular weight is 469 g/mol. The van der Waals surface area contributed by atoms with E-state index >= 15 is 0 Å². The average Bonchev–Trinajstić information content (AvgIpc) is 3.33. The van der Waals surface area contributed by atoms with Crippen LogP contribution < -0.4 is 9.64 Å². The SMILES string of the molecule is COc1cccc(C(CC(=O)N2CCN(c3ccccc3C)CC2)c2cnc3c(C)cccn23)c1. The van der Waals surface area contributed by atoms with Crippen LogP contribution in [0.2, 0.25) is 0 Å². The Kier molecular flexibility index (Phi) is 6.45. The van der Waals surface area contributed by atoms with E-state index in [4.69, 9.17) is 4.74 Å². The van der Waals surface area contributed by atoms with Gasteiger partial charge in [0.1, 0.15) is 11.4 Å². The fraction of sp³-hybridized carbons (Fsp3) is 0.310. The van der Waals surface area contributed by atoms with Crippen molar-refractivity contribution in [1.82, 2.24) is 14.3 Å². The Morgan fingerprint density at radius 3 is 2.51 bits per heavy atom. The molecule has 0 bridgehead atoms. The Balaban J connectivity index is 1.39. The lowest BCUT2D eigenvalue weighted by molar-refractivity contribution is -0.131. The molecule has 3 heterocycles. The molecule has 1 fully saturated rings. The number of aryl methyl sites for hydroxylation is 2. The van der Waals surface area contributed by atoms with Crippen molar-refractivity contribution >= 4 is 17.2 Å². The van der Waals surface area contributed by atoms with Gasteiger partial charge in [-0.1, -0.05) is 36.4 Å². The molecular weight excluding hydrogens is 436 g/mol. The second-order valence-electron chi connectivity index (χ2n) is 9.26. The largest absolute Gasteiger partial charge is 0.497 e. The zero-order chi connectivity index (χ0) is 24.4. The number of hydrogen-bond acceptors (Lipinski definition) is 4. The number of hydrogen-bond donors (Lipinski definition) is 0. The summed E-state index contributed by atoms with van der Waals surface area (Å²) in [6.45, 7) is 7.34. The minimum atomic E-state index is -0.121. The molecule has 0 radical (unpaired) electrons. The van der Waals surface area contributed by atoms with Gasteiger partial charge in [-0.05, 0) is 54.8 Å². The molecule has 0 saturated carbocycles. The summed E-state index contributed by atoms with van der Waals surface area (Å²) < 4.78 is 7.60. The molecule has 2 aromatic heterocycles. The van der Waals surface area contributed by atoms with Crippen molar-refractivity contribution in [2.45, 2.75) is 26.2 Å². The molecular formula is C29H32N4O2. The van der Waals surface area contributed by atoms with Crippen LogP contribution in [-0.4, -0.2) is 53.5 Å². The van der Waals surface area contributed by atoms with Crippen LogP contribution in [0.15, 0.2) is 73.1 Å². The first-order valence-corrected chi connectivity index (χ1v) is 12.2. The van der Waals surface area contributed by atoms with E-state index in [1.54, 1.807) is 7.11 Å². The molecule has 2 aromatic carbocycles. The highest BCUT2D eigenvalue weighted by Gasteiger charge is 2.27. The number of nitrogens with zero attached hydrogens (tertiary/aromatic N) is 4. The van der Waals surface area contributed by atoms with Crippen molar-refractivity contribution < 1.29 is 9.53 Å². The molecule has 6 nitrogen and oxygen atoms in total. The highest BCUT2D eigenvalue weighted by Crippen LogP contribution is 2.32. The van der Waals surface area contributed by atoms with Crippen molar-refractivity contribution in [2.24, 2.45) is 0 Å². The predicted octanol–water partition coefficient (Wildman–Crippen LogP) is 4.83. The second-order valence-corrected chi connectivity index (χ2v) is 9.26. The number of aromatic nitrogens is 2. The molecule has 1 saturated heterocycles. The topological polar surface area (TPSA) is 50.1 Å². The maximum absolute atomic E-state index is 13.6. The van der Waals surface area contributed by atoms with E-state index in [-0.39, 0.29) is 11.8 Å². The Bertz CT molecular complexity index is 1340. The third-order valence-corrected chi connectivity index (χ3v) is 7.08. The predicted molar refractivity (Wildman–Crippen MR) is 139 cm³/mol. The molecule has 1 amide bonds. The van der Waals surface area contributed by atoms with Crippen LogP contribution >= 0.6 is 0 Å². The summed E-state index contributed by atoms with van der Waals surface area (Å²) in [6, 6.07) is 20.6. The van der Waals surface area contributed by atoms with Crippen molar-refractivity contribution in [3.63, 3.8) is 0 Å². The maximum Gasteiger partial charge on any atom is 0.223 e. The van der Waals surface area contributed by atoms with Crippen LogP contribution in [-0.2, 0) is 4.79 Å². The summed E-state index contributed by atoms with van der Waals surface area (Å²) in [5.74, 6) is 0.838. The number of benzene rings is 2. The molecule has 1 aliphatic heterocycles. The van der Waals surface area contributed by atoms with Gasteiger partial charge in [0.05, 0.1) is 12.8 Å². The normalized spacial score (nSPS) is 14.8. The molecule has 0 aliphatic carbocycles. The summed E-state index contributed by atoms with van der Waals surface area (Å²) >= 11 is 0. The molecule has 35 heavy (non-hydrogen) atoms. The molecule has 1 unspecified atom stereocenters. The quantitative estimate of drug-likeness (QED) is 0.407. The summed E-state index contributed by atoms with van der Waals surface area (Å²) in [5, 5.41) is 0. The summed E-state index contributed by atoms with van der Waals surface area (Å²) in [7, 11) is 1.67. The highest BCUT2D eigenvalue weighted by atomic mass is 16.5. The van der Waals surface area contributed by atoms with E-state index in [9.17, 15) is 4.79 Å². The first-order valence-electron chi connectivity index (χ1n) is 12.2. The van der Waals surface area contributed by atoms with Crippen LogP contribution in [0.5, 0.6) is 5.75 Å². The Morgan fingerprint density at radius 2 is 1.74 bits per heavy atom. The number of ether oxygens (including phenoxy) is 1. The Hall–Kier alpha value is -3.80. The summed E-state index contributed by atoms with van der Waals surface area (Å²) in [6.07, 6.45) is 4.33. The minimum absolute atomic E-state index is 0.121. The van der Waals surface area contributed by atoms with Crippen molar-refractivity contribution in [3.05, 3.63) is 95.4 Å². The zero-order valence-corrected chi connectivity index (χ0v) is 20.6. The summed E-state index contributed by atoms with van der Waals surface area (Å²) in [4.78, 5) is 22.7. The van der Waals surface area contributed by atoms with Gasteiger partial charge in [0, 0.05) is 56.6 Å². The molecule has 5 rings (SSSR count). The van der Waals surface area contributed by atoms with Gasteiger partial charge >= 0.3 is 0 Å². The molecule has 1 aliphatic rings. The van der Waals surface area contributed by atoms with Crippen LogP contribution in [0, 0.1) is 13.8 Å². The van der Waals surface area contributed by atoms with Gasteiger partial charge in [0.2, 0.25) is 5.91 Å². The Labute approximate surface area is 206 Å². The molecule has 6 heteroatoms. The number of carbonyl (C=O) groups excluding carboxylic acids is 1. The van der Waals surface area contributed by atoms with Gasteiger partial charge in [-0.3, -0.25) is 4.79 Å². The number of rotatable bonds is 6. The van der Waals surface area contributed by atoms with E-state index in [1.807, 2.05) is 41.6 Å². The van der Waals surface area contributed by atoms with Crippen LogP contribution in [0.25, 0.3) is 5.65 Å². The van der Waals surface area contributed by atoms with Crippen LogP contribution in [0.3, 0.4) is 0 Å². The van der Waals surface area contributed by atoms with Crippen LogP contribution in [0.1, 0.15) is 34.7 Å². The number of methoxy groups -OCH3 is 1. The van der Waals surface area contributed by atoms with Crippen molar-refractivity contribution in [3.8, 4) is 5.75 Å². The minimum Gasteiger partial charge on any atom is -0.497 e. The van der Waals surface area contributed by atoms with Crippen molar-refractivity contribution in [1.29, 1.82) is 0 Å². The van der Waals surface area contributed by atoms with Gasteiger partial charge in [0.15, 0.2) is 0 Å². The van der Waals surface area contributed by atoms with Gasteiger partial charge in [0.25, 0.3) is 0 Å². The van der Waals surface area contributed by atoms with E-state index in [1.165, 1.54) is 11.3 Å². The fourth-order valence-electron chi connectivity index (χ4n) is 5.10.